The number of halogens is 1. The highest BCUT2D eigenvalue weighted by molar-refractivity contribution is 9.10. The van der Waals surface area contributed by atoms with E-state index in [9.17, 15) is 4.79 Å². The summed E-state index contributed by atoms with van der Waals surface area (Å²) in [6.07, 6.45) is 4.39. The molecule has 1 aromatic carbocycles. The van der Waals surface area contributed by atoms with Crippen LogP contribution in [0.1, 0.15) is 12.0 Å². The molecule has 0 unspecified atom stereocenters. The Hall–Kier alpha value is -1.13. The van der Waals surface area contributed by atoms with Crippen LogP contribution >= 0.6 is 15.9 Å². The Morgan fingerprint density at radius 1 is 1.33 bits per heavy atom. The van der Waals surface area contributed by atoms with Gasteiger partial charge in [-0.05, 0) is 23.8 Å². The van der Waals surface area contributed by atoms with Gasteiger partial charge in [-0.25, -0.2) is 0 Å². The Bertz CT molecular complexity index is 399. The molecule has 0 heterocycles. The Kier molecular flexibility index (Phi) is 6.68. The molecule has 18 heavy (non-hydrogen) atoms. The SMILES string of the molecule is C[NH+](C)CCCNC(=O)/C=C/c1ccc(Br)cc1. The van der Waals surface area contributed by atoms with Crippen LogP contribution in [0.25, 0.3) is 6.08 Å². The summed E-state index contributed by atoms with van der Waals surface area (Å²) in [5.74, 6) is -0.0355. The fraction of sp³-hybridized carbons (Fsp3) is 0.357. The van der Waals surface area contributed by atoms with Gasteiger partial charge in [-0.2, -0.15) is 0 Å². The van der Waals surface area contributed by atoms with Crippen molar-refractivity contribution in [3.05, 3.63) is 40.4 Å². The highest BCUT2D eigenvalue weighted by atomic mass is 79.9. The molecule has 0 aromatic heterocycles. The van der Waals surface area contributed by atoms with E-state index in [1.54, 1.807) is 6.08 Å². The second kappa shape index (κ2) is 8.06. The fourth-order valence-electron chi connectivity index (χ4n) is 1.46. The maximum absolute atomic E-state index is 11.5. The van der Waals surface area contributed by atoms with E-state index in [1.807, 2.05) is 30.3 Å². The number of nitrogens with one attached hydrogen (secondary N) is 2. The van der Waals surface area contributed by atoms with Crippen molar-refractivity contribution in [2.75, 3.05) is 27.2 Å². The molecule has 1 rings (SSSR count). The molecular formula is C14H20BrN2O+. The van der Waals surface area contributed by atoms with Crippen LogP contribution in [0.2, 0.25) is 0 Å². The molecular weight excluding hydrogens is 292 g/mol. The lowest BCUT2D eigenvalue weighted by Gasteiger charge is -2.06. The number of hydrogen-bond acceptors (Lipinski definition) is 1. The first-order valence-corrected chi connectivity index (χ1v) is 6.88. The van der Waals surface area contributed by atoms with E-state index in [4.69, 9.17) is 0 Å². The maximum atomic E-state index is 11.5. The zero-order valence-electron chi connectivity index (χ0n) is 10.9. The Labute approximate surface area is 117 Å². The molecule has 3 nitrogen and oxygen atoms in total. The van der Waals surface area contributed by atoms with Crippen molar-refractivity contribution in [2.45, 2.75) is 6.42 Å². The maximum Gasteiger partial charge on any atom is 0.244 e. The van der Waals surface area contributed by atoms with Gasteiger partial charge in [-0.15, -0.1) is 0 Å². The zero-order chi connectivity index (χ0) is 13.4. The van der Waals surface area contributed by atoms with Gasteiger partial charge in [0, 0.05) is 23.5 Å². The fourth-order valence-corrected chi connectivity index (χ4v) is 1.72. The Morgan fingerprint density at radius 3 is 2.61 bits per heavy atom. The van der Waals surface area contributed by atoms with Crippen molar-refractivity contribution < 1.29 is 9.69 Å². The van der Waals surface area contributed by atoms with E-state index in [0.717, 1.165) is 29.5 Å². The molecule has 0 aliphatic heterocycles. The van der Waals surface area contributed by atoms with Crippen LogP contribution < -0.4 is 10.2 Å². The van der Waals surface area contributed by atoms with Gasteiger partial charge in [0.1, 0.15) is 0 Å². The number of quaternary nitrogens is 1. The molecule has 4 heteroatoms. The average molecular weight is 312 g/mol. The van der Waals surface area contributed by atoms with E-state index in [-0.39, 0.29) is 5.91 Å². The molecule has 0 spiro atoms. The van der Waals surface area contributed by atoms with Crippen LogP contribution in [0.3, 0.4) is 0 Å². The van der Waals surface area contributed by atoms with Crippen LogP contribution in [-0.4, -0.2) is 33.1 Å². The van der Waals surface area contributed by atoms with Crippen LogP contribution in [0.4, 0.5) is 0 Å². The lowest BCUT2D eigenvalue weighted by Crippen LogP contribution is -3.05. The second-order valence-electron chi connectivity index (χ2n) is 4.49. The highest BCUT2D eigenvalue weighted by Crippen LogP contribution is 2.11. The molecule has 0 aliphatic carbocycles. The largest absolute Gasteiger partial charge is 0.352 e. The summed E-state index contributed by atoms with van der Waals surface area (Å²) < 4.78 is 1.04. The number of carbonyl (C=O) groups is 1. The van der Waals surface area contributed by atoms with Crippen LogP contribution in [-0.2, 0) is 4.79 Å². The van der Waals surface area contributed by atoms with Gasteiger partial charge >= 0.3 is 0 Å². The minimum absolute atomic E-state index is 0.0355. The van der Waals surface area contributed by atoms with Gasteiger partial charge in [-0.3, -0.25) is 4.79 Å². The molecule has 0 fully saturated rings. The third-order valence-electron chi connectivity index (χ3n) is 2.45. The van der Waals surface area contributed by atoms with Crippen molar-refractivity contribution in [3.8, 4) is 0 Å². The van der Waals surface area contributed by atoms with Crippen molar-refractivity contribution >= 4 is 27.9 Å². The van der Waals surface area contributed by atoms with Crippen molar-refractivity contribution in [3.63, 3.8) is 0 Å². The van der Waals surface area contributed by atoms with Gasteiger partial charge in [-0.1, -0.05) is 28.1 Å². The van der Waals surface area contributed by atoms with E-state index >= 15 is 0 Å². The Balaban J connectivity index is 2.29. The van der Waals surface area contributed by atoms with Crippen molar-refractivity contribution in [1.82, 2.24) is 5.32 Å². The van der Waals surface area contributed by atoms with Crippen LogP contribution in [0, 0.1) is 0 Å². The summed E-state index contributed by atoms with van der Waals surface area (Å²) >= 11 is 3.37. The number of amides is 1. The van der Waals surface area contributed by atoms with Crippen LogP contribution in [0.15, 0.2) is 34.8 Å². The van der Waals surface area contributed by atoms with Gasteiger partial charge < -0.3 is 10.2 Å². The summed E-state index contributed by atoms with van der Waals surface area (Å²) in [5, 5.41) is 2.87. The quantitative estimate of drug-likeness (QED) is 0.599. The van der Waals surface area contributed by atoms with Gasteiger partial charge in [0.25, 0.3) is 0 Å². The molecule has 0 aliphatic rings. The Morgan fingerprint density at radius 2 is 2.00 bits per heavy atom. The molecule has 0 saturated carbocycles. The molecule has 2 N–H and O–H groups in total. The third kappa shape index (κ3) is 6.57. The van der Waals surface area contributed by atoms with E-state index in [0.29, 0.717) is 0 Å². The van der Waals surface area contributed by atoms with Gasteiger partial charge in [0.2, 0.25) is 5.91 Å². The molecule has 0 saturated heterocycles. The second-order valence-corrected chi connectivity index (χ2v) is 5.40. The van der Waals surface area contributed by atoms with Crippen molar-refractivity contribution in [1.29, 1.82) is 0 Å². The first-order valence-electron chi connectivity index (χ1n) is 6.08. The number of hydrogen-bond donors (Lipinski definition) is 2. The van der Waals surface area contributed by atoms with Gasteiger partial charge in [0.05, 0.1) is 20.6 Å². The van der Waals surface area contributed by atoms with E-state index in [2.05, 4.69) is 35.3 Å². The lowest BCUT2D eigenvalue weighted by molar-refractivity contribution is -0.858. The predicted octanol–water partition coefficient (Wildman–Crippen LogP) is 1.11. The highest BCUT2D eigenvalue weighted by Gasteiger charge is 1.97. The smallest absolute Gasteiger partial charge is 0.244 e. The minimum atomic E-state index is -0.0355. The summed E-state index contributed by atoms with van der Waals surface area (Å²) in [5.41, 5.74) is 1.02. The predicted molar refractivity (Wildman–Crippen MR) is 78.5 cm³/mol. The van der Waals surface area contributed by atoms with E-state index in [1.165, 1.54) is 4.90 Å². The summed E-state index contributed by atoms with van der Waals surface area (Å²) in [7, 11) is 4.21. The average Bonchev–Trinajstić information content (AvgIpc) is 2.34. The molecule has 0 atom stereocenters. The molecule has 1 amide bonds. The van der Waals surface area contributed by atoms with Crippen molar-refractivity contribution in [2.24, 2.45) is 0 Å². The van der Waals surface area contributed by atoms with Crippen LogP contribution in [0.5, 0.6) is 0 Å². The first kappa shape index (κ1) is 14.9. The third-order valence-corrected chi connectivity index (χ3v) is 2.98. The number of benzene rings is 1. The molecule has 0 bridgehead atoms. The lowest BCUT2D eigenvalue weighted by atomic mass is 10.2. The van der Waals surface area contributed by atoms with E-state index < -0.39 is 0 Å². The summed E-state index contributed by atoms with van der Waals surface area (Å²) in [4.78, 5) is 12.9. The summed E-state index contributed by atoms with van der Waals surface area (Å²) in [6.45, 7) is 1.80. The first-order chi connectivity index (χ1) is 8.58. The number of rotatable bonds is 6. The molecule has 0 radical (unpaired) electrons. The standard InChI is InChI=1S/C14H19BrN2O/c1-17(2)11-3-10-16-14(18)9-6-12-4-7-13(15)8-5-12/h4-9H,3,10-11H2,1-2H3,(H,16,18)/p+1/b9-6+. The summed E-state index contributed by atoms with van der Waals surface area (Å²) in [6, 6.07) is 7.83. The minimum Gasteiger partial charge on any atom is -0.352 e. The topological polar surface area (TPSA) is 33.5 Å². The molecule has 98 valence electrons. The molecule has 1 aromatic rings. The normalized spacial score (nSPS) is 11.1. The number of carbonyl (C=O) groups excluding carboxylic acids is 1. The van der Waals surface area contributed by atoms with Gasteiger partial charge in [0.15, 0.2) is 0 Å². The zero-order valence-corrected chi connectivity index (χ0v) is 12.5. The monoisotopic (exact) mass is 311 g/mol.